The van der Waals surface area contributed by atoms with Crippen molar-refractivity contribution in [2.75, 3.05) is 18.5 Å². The van der Waals surface area contributed by atoms with Crippen LogP contribution in [0.2, 0.25) is 0 Å². The molecule has 5 nitrogen and oxygen atoms in total. The monoisotopic (exact) mass is 311 g/mol. The zero-order valence-corrected chi connectivity index (χ0v) is 13.0. The minimum Gasteiger partial charge on any atom is -0.493 e. The van der Waals surface area contributed by atoms with E-state index in [1.165, 1.54) is 19.3 Å². The summed E-state index contributed by atoms with van der Waals surface area (Å²) in [6, 6.07) is 9.69. The molecule has 4 rings (SSSR count). The lowest BCUT2D eigenvalue weighted by Gasteiger charge is -2.34. The SMILES string of the molecule is OC1(CNc2cc(C3CCC3)ncn2)CCOc2ccccc21. The van der Waals surface area contributed by atoms with Gasteiger partial charge in [0.05, 0.1) is 6.61 Å². The van der Waals surface area contributed by atoms with Crippen LogP contribution >= 0.6 is 0 Å². The topological polar surface area (TPSA) is 67.3 Å². The molecule has 23 heavy (non-hydrogen) atoms. The Balaban J connectivity index is 1.51. The van der Waals surface area contributed by atoms with Crippen LogP contribution < -0.4 is 10.1 Å². The third-order valence-corrected chi connectivity index (χ3v) is 4.94. The first-order valence-corrected chi connectivity index (χ1v) is 8.25. The molecule has 0 amide bonds. The van der Waals surface area contributed by atoms with Crippen molar-refractivity contribution in [1.29, 1.82) is 0 Å². The van der Waals surface area contributed by atoms with Gasteiger partial charge in [0.15, 0.2) is 0 Å². The van der Waals surface area contributed by atoms with Gasteiger partial charge >= 0.3 is 0 Å². The summed E-state index contributed by atoms with van der Waals surface area (Å²) in [4.78, 5) is 8.66. The Hall–Kier alpha value is -2.14. The van der Waals surface area contributed by atoms with E-state index in [9.17, 15) is 5.11 Å². The number of para-hydroxylation sites is 1. The van der Waals surface area contributed by atoms with Gasteiger partial charge in [-0.3, -0.25) is 0 Å². The van der Waals surface area contributed by atoms with E-state index in [4.69, 9.17) is 4.74 Å². The number of rotatable bonds is 4. The van der Waals surface area contributed by atoms with E-state index >= 15 is 0 Å². The number of nitrogens with zero attached hydrogens (tertiary/aromatic N) is 2. The highest BCUT2D eigenvalue weighted by Gasteiger charge is 2.35. The molecule has 2 aliphatic rings. The van der Waals surface area contributed by atoms with Crippen LogP contribution in [0.3, 0.4) is 0 Å². The smallest absolute Gasteiger partial charge is 0.129 e. The summed E-state index contributed by atoms with van der Waals surface area (Å²) >= 11 is 0. The number of benzene rings is 1. The maximum atomic E-state index is 11.0. The van der Waals surface area contributed by atoms with Gasteiger partial charge in [-0.25, -0.2) is 9.97 Å². The van der Waals surface area contributed by atoms with Crippen LogP contribution in [-0.4, -0.2) is 28.2 Å². The number of hydrogen-bond acceptors (Lipinski definition) is 5. The highest BCUT2D eigenvalue weighted by atomic mass is 16.5. The van der Waals surface area contributed by atoms with Crippen molar-refractivity contribution in [2.24, 2.45) is 0 Å². The second kappa shape index (κ2) is 5.81. The van der Waals surface area contributed by atoms with Crippen molar-refractivity contribution in [2.45, 2.75) is 37.2 Å². The Morgan fingerprint density at radius 1 is 1.26 bits per heavy atom. The number of hydrogen-bond donors (Lipinski definition) is 2. The molecule has 2 N–H and O–H groups in total. The highest BCUT2D eigenvalue weighted by molar-refractivity contribution is 5.43. The first kappa shape index (κ1) is 14.5. The third kappa shape index (κ3) is 2.77. The van der Waals surface area contributed by atoms with Crippen molar-refractivity contribution < 1.29 is 9.84 Å². The fraction of sp³-hybridized carbons (Fsp3) is 0.444. The molecule has 1 saturated carbocycles. The summed E-state index contributed by atoms with van der Waals surface area (Å²) in [6.45, 7) is 0.931. The summed E-state index contributed by atoms with van der Waals surface area (Å²) < 4.78 is 5.63. The number of aliphatic hydroxyl groups is 1. The summed E-state index contributed by atoms with van der Waals surface area (Å²) in [5.41, 5.74) is 1.01. The van der Waals surface area contributed by atoms with Gasteiger partial charge in [0.2, 0.25) is 0 Å². The molecule has 2 heterocycles. The van der Waals surface area contributed by atoms with Crippen LogP contribution in [0, 0.1) is 0 Å². The molecule has 1 atom stereocenters. The average molecular weight is 311 g/mol. The van der Waals surface area contributed by atoms with E-state index in [1.54, 1.807) is 6.33 Å². The molecule has 1 aliphatic heterocycles. The van der Waals surface area contributed by atoms with Gasteiger partial charge in [0.25, 0.3) is 0 Å². The molecular formula is C18H21N3O2. The number of aromatic nitrogens is 2. The lowest BCUT2D eigenvalue weighted by Crippen LogP contribution is -2.39. The Bertz CT molecular complexity index is 702. The van der Waals surface area contributed by atoms with E-state index in [1.807, 2.05) is 30.3 Å². The molecule has 0 bridgehead atoms. The molecule has 1 unspecified atom stereocenters. The average Bonchev–Trinajstić information content (AvgIpc) is 2.53. The lowest BCUT2D eigenvalue weighted by atomic mass is 9.83. The van der Waals surface area contributed by atoms with Gasteiger partial charge in [-0.2, -0.15) is 0 Å². The molecule has 1 aromatic heterocycles. The van der Waals surface area contributed by atoms with Gasteiger partial charge in [0, 0.05) is 36.2 Å². The number of ether oxygens (including phenoxy) is 1. The predicted molar refractivity (Wildman–Crippen MR) is 87.6 cm³/mol. The van der Waals surface area contributed by atoms with Crippen molar-refractivity contribution in [1.82, 2.24) is 9.97 Å². The molecule has 1 aromatic carbocycles. The molecule has 120 valence electrons. The van der Waals surface area contributed by atoms with Crippen molar-refractivity contribution >= 4 is 5.82 Å². The molecule has 1 aliphatic carbocycles. The second-order valence-corrected chi connectivity index (χ2v) is 6.44. The predicted octanol–water partition coefficient (Wildman–Crippen LogP) is 2.83. The van der Waals surface area contributed by atoms with Gasteiger partial charge in [-0.1, -0.05) is 24.6 Å². The molecule has 5 heteroatoms. The normalized spacial score (nSPS) is 23.5. The van der Waals surface area contributed by atoms with Gasteiger partial charge in [0.1, 0.15) is 23.5 Å². The maximum absolute atomic E-state index is 11.0. The lowest BCUT2D eigenvalue weighted by molar-refractivity contribution is 0.00908. The highest BCUT2D eigenvalue weighted by Crippen LogP contribution is 2.37. The van der Waals surface area contributed by atoms with E-state index in [0.717, 1.165) is 22.8 Å². The van der Waals surface area contributed by atoms with Crippen LogP contribution in [0.4, 0.5) is 5.82 Å². The standard InChI is InChI=1S/C18H21N3O2/c22-18(8-9-23-16-7-2-1-6-14(16)18)11-19-17-10-15(20-12-21-17)13-4-3-5-13/h1-2,6-7,10,12-13,22H,3-5,8-9,11H2,(H,19,20,21). The number of nitrogens with one attached hydrogen (secondary N) is 1. The first-order chi connectivity index (χ1) is 11.2. The quantitative estimate of drug-likeness (QED) is 0.909. The molecule has 0 spiro atoms. The van der Waals surface area contributed by atoms with Crippen molar-refractivity contribution in [3.05, 3.63) is 47.9 Å². The maximum Gasteiger partial charge on any atom is 0.129 e. The Labute approximate surface area is 135 Å². The van der Waals surface area contributed by atoms with E-state index < -0.39 is 5.60 Å². The molecule has 0 radical (unpaired) electrons. The summed E-state index contributed by atoms with van der Waals surface area (Å²) in [6.07, 6.45) is 5.89. The van der Waals surface area contributed by atoms with Crippen LogP contribution in [-0.2, 0) is 5.60 Å². The zero-order valence-electron chi connectivity index (χ0n) is 13.0. The summed E-state index contributed by atoms with van der Waals surface area (Å²) in [5, 5.41) is 14.3. The minimum absolute atomic E-state index is 0.411. The van der Waals surface area contributed by atoms with Crippen LogP contribution in [0.5, 0.6) is 5.75 Å². The van der Waals surface area contributed by atoms with Gasteiger partial charge < -0.3 is 15.2 Å². The van der Waals surface area contributed by atoms with Crippen LogP contribution in [0.15, 0.2) is 36.7 Å². The fourth-order valence-electron chi connectivity index (χ4n) is 3.26. The van der Waals surface area contributed by atoms with Crippen molar-refractivity contribution in [3.63, 3.8) is 0 Å². The van der Waals surface area contributed by atoms with Crippen molar-refractivity contribution in [3.8, 4) is 5.75 Å². The number of fused-ring (bicyclic) bond motifs is 1. The van der Waals surface area contributed by atoms with Crippen LogP contribution in [0.25, 0.3) is 0 Å². The largest absolute Gasteiger partial charge is 0.493 e. The second-order valence-electron chi connectivity index (χ2n) is 6.44. The van der Waals surface area contributed by atoms with E-state index in [2.05, 4.69) is 15.3 Å². The van der Waals surface area contributed by atoms with E-state index in [-0.39, 0.29) is 0 Å². The minimum atomic E-state index is -0.934. The van der Waals surface area contributed by atoms with Gasteiger partial charge in [-0.05, 0) is 18.9 Å². The Kier molecular flexibility index (Phi) is 3.65. The molecule has 2 aromatic rings. The van der Waals surface area contributed by atoms with E-state index in [0.29, 0.717) is 25.5 Å². The molecular weight excluding hydrogens is 290 g/mol. The third-order valence-electron chi connectivity index (χ3n) is 4.94. The van der Waals surface area contributed by atoms with Crippen LogP contribution in [0.1, 0.15) is 42.9 Å². The number of anilines is 1. The summed E-state index contributed by atoms with van der Waals surface area (Å²) in [5.74, 6) is 2.12. The first-order valence-electron chi connectivity index (χ1n) is 8.25. The molecule has 0 saturated heterocycles. The Morgan fingerprint density at radius 3 is 2.96 bits per heavy atom. The molecule has 1 fully saturated rings. The fourth-order valence-corrected chi connectivity index (χ4v) is 3.26. The summed E-state index contributed by atoms with van der Waals surface area (Å²) in [7, 11) is 0. The Morgan fingerprint density at radius 2 is 2.13 bits per heavy atom. The zero-order chi connectivity index (χ0) is 15.7. The van der Waals surface area contributed by atoms with Gasteiger partial charge in [-0.15, -0.1) is 0 Å².